The number of halogens is 2. The van der Waals surface area contributed by atoms with Crippen molar-refractivity contribution in [3.8, 4) is 5.88 Å². The van der Waals surface area contributed by atoms with E-state index >= 15 is 0 Å². The number of pyridine rings is 1. The van der Waals surface area contributed by atoms with E-state index in [0.717, 1.165) is 13.2 Å². The fourth-order valence-corrected chi connectivity index (χ4v) is 1.15. The van der Waals surface area contributed by atoms with Gasteiger partial charge in [-0.1, -0.05) is 0 Å². The summed E-state index contributed by atoms with van der Waals surface area (Å²) in [6.45, 7) is 1.40. The molecule has 0 aliphatic carbocycles. The highest BCUT2D eigenvalue weighted by Crippen LogP contribution is 2.28. The molecule has 1 heterocycles. The number of ether oxygens (including phenoxy) is 1. The third-order valence-electron chi connectivity index (χ3n) is 1.84. The zero-order valence-electron chi connectivity index (χ0n) is 8.12. The van der Waals surface area contributed by atoms with Gasteiger partial charge in [0.15, 0.2) is 5.69 Å². The third kappa shape index (κ3) is 2.20. The highest BCUT2D eigenvalue weighted by molar-refractivity contribution is 5.87. The lowest BCUT2D eigenvalue weighted by atomic mass is 10.1. The molecule has 0 saturated carbocycles. The number of alkyl halides is 2. The minimum Gasteiger partial charge on any atom is -0.481 e. The van der Waals surface area contributed by atoms with Crippen LogP contribution >= 0.6 is 0 Å². The summed E-state index contributed by atoms with van der Waals surface area (Å²) in [6.07, 6.45) is -2.74. The molecule has 0 bridgehead atoms. The number of aryl methyl sites for hydroxylation is 1. The molecule has 1 rings (SSSR count). The highest BCUT2D eigenvalue weighted by Gasteiger charge is 2.20. The van der Waals surface area contributed by atoms with Gasteiger partial charge in [-0.2, -0.15) is 0 Å². The molecule has 0 radical (unpaired) electrons. The van der Waals surface area contributed by atoms with E-state index in [0.29, 0.717) is 0 Å². The molecule has 15 heavy (non-hydrogen) atoms. The van der Waals surface area contributed by atoms with Crippen LogP contribution in [0.1, 0.15) is 28.0 Å². The Morgan fingerprint density at radius 1 is 1.60 bits per heavy atom. The Morgan fingerprint density at radius 3 is 2.60 bits per heavy atom. The number of carboxylic acids is 1. The van der Waals surface area contributed by atoms with Crippen LogP contribution < -0.4 is 4.74 Å². The molecule has 0 aliphatic rings. The van der Waals surface area contributed by atoms with Gasteiger partial charge in [0.2, 0.25) is 5.88 Å². The summed E-state index contributed by atoms with van der Waals surface area (Å²) in [5.41, 5.74) is -0.505. The van der Waals surface area contributed by atoms with Crippen molar-refractivity contribution in [3.05, 3.63) is 22.9 Å². The molecular weight excluding hydrogens is 208 g/mol. The van der Waals surface area contributed by atoms with Crippen molar-refractivity contribution in [2.24, 2.45) is 0 Å². The van der Waals surface area contributed by atoms with Crippen molar-refractivity contribution in [1.29, 1.82) is 0 Å². The minimum absolute atomic E-state index is 0.179. The van der Waals surface area contributed by atoms with Crippen molar-refractivity contribution in [2.45, 2.75) is 13.3 Å². The molecule has 0 spiro atoms. The Labute approximate surface area is 84.5 Å². The van der Waals surface area contributed by atoms with Crippen LogP contribution in [0.5, 0.6) is 5.88 Å². The van der Waals surface area contributed by atoms with Crippen LogP contribution in [-0.4, -0.2) is 23.2 Å². The Kier molecular flexibility index (Phi) is 3.18. The van der Waals surface area contributed by atoms with Crippen LogP contribution in [0.2, 0.25) is 0 Å². The molecule has 1 aromatic heterocycles. The highest BCUT2D eigenvalue weighted by atomic mass is 19.3. The third-order valence-corrected chi connectivity index (χ3v) is 1.84. The van der Waals surface area contributed by atoms with Gasteiger partial charge in [0.1, 0.15) is 0 Å². The number of aromatic nitrogens is 1. The molecule has 4 nitrogen and oxygen atoms in total. The lowest BCUT2D eigenvalue weighted by Gasteiger charge is -2.09. The number of hydrogen-bond acceptors (Lipinski definition) is 3. The van der Waals surface area contributed by atoms with Crippen molar-refractivity contribution in [1.82, 2.24) is 4.98 Å². The van der Waals surface area contributed by atoms with E-state index in [1.165, 1.54) is 6.92 Å². The Bertz CT molecular complexity index is 393. The normalized spacial score (nSPS) is 10.5. The lowest BCUT2D eigenvalue weighted by molar-refractivity contribution is 0.0687. The second-order valence-electron chi connectivity index (χ2n) is 2.86. The topological polar surface area (TPSA) is 59.4 Å². The Morgan fingerprint density at radius 2 is 2.20 bits per heavy atom. The van der Waals surface area contributed by atoms with E-state index in [2.05, 4.69) is 9.72 Å². The van der Waals surface area contributed by atoms with E-state index in [1.54, 1.807) is 0 Å². The number of methoxy groups -OCH3 is 1. The fraction of sp³-hybridized carbons (Fsp3) is 0.333. The first-order valence-electron chi connectivity index (χ1n) is 4.04. The fourth-order valence-electron chi connectivity index (χ4n) is 1.15. The van der Waals surface area contributed by atoms with Gasteiger partial charge >= 0.3 is 5.97 Å². The van der Waals surface area contributed by atoms with Crippen molar-refractivity contribution >= 4 is 5.97 Å². The number of nitrogens with zero attached hydrogens (tertiary/aromatic N) is 1. The number of aromatic carboxylic acids is 1. The largest absolute Gasteiger partial charge is 0.481 e. The van der Waals surface area contributed by atoms with Gasteiger partial charge in [0, 0.05) is 0 Å². The van der Waals surface area contributed by atoms with Crippen molar-refractivity contribution in [3.63, 3.8) is 0 Å². The molecule has 0 aliphatic heterocycles. The van der Waals surface area contributed by atoms with E-state index in [4.69, 9.17) is 5.11 Å². The zero-order valence-corrected chi connectivity index (χ0v) is 8.12. The second kappa shape index (κ2) is 4.20. The Hall–Kier alpha value is -1.72. The molecule has 1 N–H and O–H groups in total. The molecule has 0 saturated heterocycles. The molecule has 0 atom stereocenters. The van der Waals surface area contributed by atoms with E-state index in [1.807, 2.05) is 0 Å². The van der Waals surface area contributed by atoms with Crippen LogP contribution in [0.4, 0.5) is 8.78 Å². The van der Waals surface area contributed by atoms with E-state index in [-0.39, 0.29) is 17.1 Å². The summed E-state index contributed by atoms with van der Waals surface area (Å²) in [4.78, 5) is 14.2. The van der Waals surface area contributed by atoms with Gasteiger partial charge in [0.05, 0.1) is 12.7 Å². The van der Waals surface area contributed by atoms with Gasteiger partial charge in [0.25, 0.3) is 6.43 Å². The smallest absolute Gasteiger partial charge is 0.354 e. The van der Waals surface area contributed by atoms with E-state index in [9.17, 15) is 13.6 Å². The quantitative estimate of drug-likeness (QED) is 0.841. The van der Waals surface area contributed by atoms with Crippen molar-refractivity contribution < 1.29 is 23.4 Å². The standard InChI is InChI=1S/C9H9F2NO3/c1-4-3-5(7(10)11)8(15-2)12-6(4)9(13)14/h3,7H,1-2H3,(H,13,14). The summed E-state index contributed by atoms with van der Waals surface area (Å²) in [6, 6.07) is 1.07. The predicted molar refractivity (Wildman–Crippen MR) is 47.4 cm³/mol. The maximum absolute atomic E-state index is 12.5. The van der Waals surface area contributed by atoms with Gasteiger partial charge in [-0.15, -0.1) is 0 Å². The Balaban J connectivity index is 3.35. The number of carboxylic acid groups (broad SMARTS) is 1. The summed E-state index contributed by atoms with van der Waals surface area (Å²) in [5.74, 6) is -1.63. The predicted octanol–water partition coefficient (Wildman–Crippen LogP) is 2.03. The molecular formula is C9H9F2NO3. The van der Waals surface area contributed by atoms with Gasteiger partial charge < -0.3 is 9.84 Å². The molecule has 0 unspecified atom stereocenters. The van der Waals surface area contributed by atoms with Gasteiger partial charge in [-0.3, -0.25) is 0 Å². The summed E-state index contributed by atoms with van der Waals surface area (Å²) in [7, 11) is 1.16. The SMILES string of the molecule is COc1nc(C(=O)O)c(C)cc1C(F)F. The minimum atomic E-state index is -2.74. The van der Waals surface area contributed by atoms with E-state index < -0.39 is 18.0 Å². The summed E-state index contributed by atoms with van der Waals surface area (Å²) in [5, 5.41) is 8.71. The van der Waals surface area contributed by atoms with Crippen LogP contribution in [0, 0.1) is 6.92 Å². The average molecular weight is 217 g/mol. The first-order chi connectivity index (χ1) is 6.97. The lowest BCUT2D eigenvalue weighted by Crippen LogP contribution is -2.07. The molecule has 1 aromatic rings. The number of carbonyl (C=O) groups is 1. The summed E-state index contributed by atoms with van der Waals surface area (Å²) < 4.78 is 29.5. The number of rotatable bonds is 3. The maximum Gasteiger partial charge on any atom is 0.354 e. The summed E-state index contributed by atoms with van der Waals surface area (Å²) >= 11 is 0. The maximum atomic E-state index is 12.5. The van der Waals surface area contributed by atoms with Crippen LogP contribution in [-0.2, 0) is 0 Å². The van der Waals surface area contributed by atoms with Crippen LogP contribution in [0.3, 0.4) is 0 Å². The second-order valence-corrected chi connectivity index (χ2v) is 2.86. The van der Waals surface area contributed by atoms with Gasteiger partial charge in [-0.05, 0) is 18.6 Å². The average Bonchev–Trinajstić information content (AvgIpc) is 2.16. The molecule has 6 heteroatoms. The molecule has 82 valence electrons. The monoisotopic (exact) mass is 217 g/mol. The molecule has 0 fully saturated rings. The first kappa shape index (κ1) is 11.4. The van der Waals surface area contributed by atoms with Gasteiger partial charge in [-0.25, -0.2) is 18.6 Å². The van der Waals surface area contributed by atoms with Crippen molar-refractivity contribution in [2.75, 3.05) is 7.11 Å². The van der Waals surface area contributed by atoms with Crippen LogP contribution in [0.25, 0.3) is 0 Å². The number of hydrogen-bond donors (Lipinski definition) is 1. The molecule has 0 aromatic carbocycles. The first-order valence-corrected chi connectivity index (χ1v) is 4.04. The molecule has 0 amide bonds. The van der Waals surface area contributed by atoms with Crippen LogP contribution in [0.15, 0.2) is 6.07 Å². The zero-order chi connectivity index (χ0) is 11.6.